The van der Waals surface area contributed by atoms with Gasteiger partial charge < -0.3 is 0 Å². The molecule has 74 valence electrons. The predicted octanol–water partition coefficient (Wildman–Crippen LogP) is 3.27. The first-order valence-electron chi connectivity index (χ1n) is 3.92. The van der Waals surface area contributed by atoms with Crippen molar-refractivity contribution in [1.82, 2.24) is 0 Å². The Hall–Kier alpha value is -1.01. The van der Waals surface area contributed by atoms with Crippen LogP contribution in [0.5, 0.6) is 0 Å². The van der Waals surface area contributed by atoms with Crippen LogP contribution in [0.2, 0.25) is 0 Å². The summed E-state index contributed by atoms with van der Waals surface area (Å²) in [6.45, 7) is 1.80. The molecule has 0 bridgehead atoms. The zero-order chi connectivity index (χ0) is 9.95. The second kappa shape index (κ2) is 3.39. The van der Waals surface area contributed by atoms with E-state index >= 15 is 0 Å². The molecule has 0 radical (unpaired) electrons. The van der Waals surface area contributed by atoms with Crippen molar-refractivity contribution in [3.8, 4) is 0 Å². The first-order valence-corrected chi connectivity index (χ1v) is 3.92. The molecule has 0 amide bonds. The first kappa shape index (κ1) is 10.1. The van der Waals surface area contributed by atoms with E-state index in [0.29, 0.717) is 12.8 Å². The van der Waals surface area contributed by atoms with Gasteiger partial charge >= 0.3 is 6.18 Å². The molecule has 7 heteroatoms. The Morgan fingerprint density at radius 2 is 1.69 bits per heavy atom. The molecule has 0 saturated heterocycles. The minimum atomic E-state index is -4.49. The molecule has 0 spiro atoms. The Balaban J connectivity index is 2.77. The van der Waals surface area contributed by atoms with Crippen LogP contribution >= 0.6 is 0 Å². The quantitative estimate of drug-likeness (QED) is 0.662. The highest BCUT2D eigenvalue weighted by molar-refractivity contribution is 4.92. The molecule has 1 rings (SSSR count). The smallest absolute Gasteiger partial charge is 0.166 e. The SMILES string of the molecule is CCCCC1(C(F)(F)F)N=NN=N1. The Morgan fingerprint density at radius 3 is 2.08 bits per heavy atom. The van der Waals surface area contributed by atoms with Crippen LogP contribution in [0.1, 0.15) is 26.2 Å². The van der Waals surface area contributed by atoms with Gasteiger partial charge in [-0.25, -0.2) is 0 Å². The predicted molar refractivity (Wildman–Crippen MR) is 38.0 cm³/mol. The van der Waals surface area contributed by atoms with Gasteiger partial charge in [0, 0.05) is 6.42 Å². The summed E-state index contributed by atoms with van der Waals surface area (Å²) in [5.41, 5.74) is -2.40. The van der Waals surface area contributed by atoms with Crippen molar-refractivity contribution in [2.24, 2.45) is 20.7 Å². The maximum Gasteiger partial charge on any atom is 0.437 e. The van der Waals surface area contributed by atoms with Crippen LogP contribution in [-0.4, -0.2) is 11.8 Å². The van der Waals surface area contributed by atoms with Crippen LogP contribution in [0, 0.1) is 0 Å². The van der Waals surface area contributed by atoms with E-state index in [1.807, 2.05) is 0 Å². The fourth-order valence-electron chi connectivity index (χ4n) is 0.986. The molecule has 0 aromatic rings. The Labute approximate surface area is 72.9 Å². The molecule has 0 aliphatic carbocycles. The van der Waals surface area contributed by atoms with Crippen LogP contribution in [0.3, 0.4) is 0 Å². The van der Waals surface area contributed by atoms with Crippen molar-refractivity contribution in [3.63, 3.8) is 0 Å². The fourth-order valence-corrected chi connectivity index (χ4v) is 0.986. The number of halogens is 3. The molecule has 13 heavy (non-hydrogen) atoms. The van der Waals surface area contributed by atoms with Crippen molar-refractivity contribution in [2.75, 3.05) is 0 Å². The van der Waals surface area contributed by atoms with E-state index in [4.69, 9.17) is 0 Å². The summed E-state index contributed by atoms with van der Waals surface area (Å²) in [5, 5.41) is 11.9. The molecule has 4 nitrogen and oxygen atoms in total. The van der Waals surface area contributed by atoms with Crippen molar-refractivity contribution >= 4 is 0 Å². The third kappa shape index (κ3) is 1.84. The molecule has 0 unspecified atom stereocenters. The Bertz CT molecular complexity index is 221. The second-order valence-corrected chi connectivity index (χ2v) is 2.80. The largest absolute Gasteiger partial charge is 0.437 e. The van der Waals surface area contributed by atoms with Crippen molar-refractivity contribution < 1.29 is 13.2 Å². The molecule has 1 aliphatic rings. The molecule has 0 aromatic carbocycles. The standard InChI is InChI=1S/C6H9F3N4/c1-2-3-4-5(6(7,8)9)10-12-13-11-5/h2-4H2,1H3. The summed E-state index contributed by atoms with van der Waals surface area (Å²) in [6, 6.07) is 0. The number of hydrogen-bond donors (Lipinski definition) is 0. The van der Waals surface area contributed by atoms with E-state index in [1.54, 1.807) is 6.92 Å². The lowest BCUT2D eigenvalue weighted by molar-refractivity contribution is -0.185. The number of hydrogen-bond acceptors (Lipinski definition) is 4. The summed E-state index contributed by atoms with van der Waals surface area (Å²) in [5.74, 6) is 0. The van der Waals surface area contributed by atoms with Crippen molar-refractivity contribution in [2.45, 2.75) is 38.0 Å². The highest BCUT2D eigenvalue weighted by Gasteiger charge is 2.57. The normalized spacial score (nSPS) is 19.7. The van der Waals surface area contributed by atoms with Gasteiger partial charge in [-0.05, 0) is 16.9 Å². The van der Waals surface area contributed by atoms with Crippen molar-refractivity contribution in [3.05, 3.63) is 0 Å². The summed E-state index contributed by atoms with van der Waals surface area (Å²) >= 11 is 0. The summed E-state index contributed by atoms with van der Waals surface area (Å²) in [7, 11) is 0. The Kier molecular flexibility index (Phi) is 2.63. The minimum Gasteiger partial charge on any atom is -0.166 e. The molecule has 0 saturated carbocycles. The van der Waals surface area contributed by atoms with E-state index in [2.05, 4.69) is 20.7 Å². The van der Waals surface area contributed by atoms with Crippen LogP contribution in [0.25, 0.3) is 0 Å². The lowest BCUT2D eigenvalue weighted by Crippen LogP contribution is -2.40. The van der Waals surface area contributed by atoms with Gasteiger partial charge in [-0.1, -0.05) is 13.3 Å². The maximum absolute atomic E-state index is 12.4. The zero-order valence-electron chi connectivity index (χ0n) is 7.04. The average Bonchev–Trinajstić information content (AvgIpc) is 2.48. The average molecular weight is 194 g/mol. The first-order chi connectivity index (χ1) is 6.02. The topological polar surface area (TPSA) is 49.4 Å². The van der Waals surface area contributed by atoms with Crippen LogP contribution in [0.4, 0.5) is 13.2 Å². The lowest BCUT2D eigenvalue weighted by atomic mass is 10.0. The van der Waals surface area contributed by atoms with Gasteiger partial charge in [-0.3, -0.25) is 0 Å². The fraction of sp³-hybridized carbons (Fsp3) is 1.00. The third-order valence-corrected chi connectivity index (χ3v) is 1.79. The van der Waals surface area contributed by atoms with E-state index in [1.165, 1.54) is 0 Å². The minimum absolute atomic E-state index is 0.181. The van der Waals surface area contributed by atoms with Gasteiger partial charge in [-0.15, -0.1) is 10.2 Å². The van der Waals surface area contributed by atoms with Crippen LogP contribution in [0.15, 0.2) is 20.7 Å². The Morgan fingerprint density at radius 1 is 1.15 bits per heavy atom. The number of rotatable bonds is 3. The van der Waals surface area contributed by atoms with E-state index in [9.17, 15) is 13.2 Å². The third-order valence-electron chi connectivity index (χ3n) is 1.79. The zero-order valence-corrected chi connectivity index (χ0v) is 7.04. The molecular formula is C6H9F3N4. The summed E-state index contributed by atoms with van der Waals surface area (Å²) in [4.78, 5) is 0. The number of alkyl halides is 3. The maximum atomic E-state index is 12.4. The van der Waals surface area contributed by atoms with Crippen LogP contribution in [-0.2, 0) is 0 Å². The second-order valence-electron chi connectivity index (χ2n) is 2.80. The lowest BCUT2D eigenvalue weighted by Gasteiger charge is -2.21. The van der Waals surface area contributed by atoms with Crippen LogP contribution < -0.4 is 0 Å². The van der Waals surface area contributed by atoms with Gasteiger partial charge in [0.15, 0.2) is 0 Å². The number of nitrogens with zero attached hydrogens (tertiary/aromatic N) is 4. The van der Waals surface area contributed by atoms with Gasteiger partial charge in [0.25, 0.3) is 5.66 Å². The monoisotopic (exact) mass is 194 g/mol. The van der Waals surface area contributed by atoms with Crippen molar-refractivity contribution in [1.29, 1.82) is 0 Å². The highest BCUT2D eigenvalue weighted by atomic mass is 19.4. The number of unbranched alkanes of at least 4 members (excludes halogenated alkanes) is 1. The molecule has 0 N–H and O–H groups in total. The molecule has 0 atom stereocenters. The molecule has 0 aromatic heterocycles. The summed E-state index contributed by atoms with van der Waals surface area (Å²) in [6.07, 6.45) is -3.62. The highest BCUT2D eigenvalue weighted by Crippen LogP contribution is 2.41. The van der Waals surface area contributed by atoms with Gasteiger partial charge in [0.2, 0.25) is 0 Å². The summed E-state index contributed by atoms with van der Waals surface area (Å²) < 4.78 is 37.3. The van der Waals surface area contributed by atoms with E-state index in [-0.39, 0.29) is 6.42 Å². The van der Waals surface area contributed by atoms with E-state index in [0.717, 1.165) is 0 Å². The molecule has 1 heterocycles. The van der Waals surface area contributed by atoms with Gasteiger partial charge in [0.05, 0.1) is 0 Å². The van der Waals surface area contributed by atoms with Gasteiger partial charge in [0.1, 0.15) is 0 Å². The molecular weight excluding hydrogens is 185 g/mol. The molecule has 1 aliphatic heterocycles. The molecule has 0 fully saturated rings. The van der Waals surface area contributed by atoms with E-state index < -0.39 is 11.8 Å². The van der Waals surface area contributed by atoms with Gasteiger partial charge in [-0.2, -0.15) is 13.2 Å².